The second-order valence-corrected chi connectivity index (χ2v) is 18.4. The molecule has 284 valence electrons. The Morgan fingerprint density at radius 3 is 2.14 bits per heavy atom. The zero-order chi connectivity index (χ0) is 37.4. The Morgan fingerprint density at radius 1 is 0.920 bits per heavy atom. The molecule has 0 aromatic rings. The number of rotatable bonds is 8. The normalized spacial score (nSPS) is 43.6. The van der Waals surface area contributed by atoms with Gasteiger partial charge in [-0.1, -0.05) is 46.3 Å². The Hall–Kier alpha value is -2.05. The van der Waals surface area contributed by atoms with Crippen molar-refractivity contribution in [3.63, 3.8) is 0 Å². The van der Waals surface area contributed by atoms with Crippen molar-refractivity contribution in [3.8, 4) is 0 Å². The van der Waals surface area contributed by atoms with Gasteiger partial charge in [0.25, 0.3) is 0 Å². The van der Waals surface area contributed by atoms with Crippen molar-refractivity contribution in [1.29, 1.82) is 0 Å². The van der Waals surface area contributed by atoms with E-state index in [1.54, 1.807) is 13.8 Å². The molecule has 3 saturated carbocycles. The molecular formula is C39H62O11. The van der Waals surface area contributed by atoms with Gasteiger partial charge >= 0.3 is 17.9 Å². The number of allylic oxidation sites excluding steroid dienone is 1. The number of ether oxygens (including phenoxy) is 4. The third-order valence-electron chi connectivity index (χ3n) is 14.4. The fourth-order valence-corrected chi connectivity index (χ4v) is 11.8. The number of carbonyl (C=O) groups excluding carboxylic acids is 3. The number of esters is 3. The summed E-state index contributed by atoms with van der Waals surface area (Å²) in [4.78, 5) is 37.7. The third-order valence-corrected chi connectivity index (χ3v) is 14.4. The Morgan fingerprint density at radius 2 is 1.56 bits per heavy atom. The molecule has 4 unspecified atom stereocenters. The fraction of sp³-hybridized carbons (Fsp3) is 0.872. The molecule has 11 heteroatoms. The van der Waals surface area contributed by atoms with Crippen molar-refractivity contribution in [2.24, 2.45) is 45.3 Å². The average molecular weight is 707 g/mol. The standard InChI is InChI=1S/C39H62O11/c1-21(40)48-32-26(49-31(43)20-36(6,46)19-30(42)47-10)18-37(7)25-17-28(41)39(9)23(22-11-14-29(35(4,5)45)50-33(22)44)15-16-38(39,8)24(25)12-13-27(37)34(32,2)3/h17,22-24,26-29,32-33,41,44-46H,11-16,18-20H2,1-10H3/t22-,23-,24?,26-,27?,28+,29-,32+,33?,36?,37-,38+,39+/m1/s1. The van der Waals surface area contributed by atoms with Crippen LogP contribution >= 0.6 is 0 Å². The smallest absolute Gasteiger partial charge is 0.309 e. The highest BCUT2D eigenvalue weighted by Gasteiger charge is 2.70. The molecule has 0 spiro atoms. The molecule has 4 aliphatic carbocycles. The van der Waals surface area contributed by atoms with Gasteiger partial charge < -0.3 is 39.4 Å². The van der Waals surface area contributed by atoms with Crippen molar-refractivity contribution < 1.29 is 53.8 Å². The van der Waals surface area contributed by atoms with Crippen molar-refractivity contribution in [2.45, 2.75) is 162 Å². The highest BCUT2D eigenvalue weighted by molar-refractivity contribution is 5.75. The molecule has 11 nitrogen and oxygen atoms in total. The highest BCUT2D eigenvalue weighted by atomic mass is 16.6. The van der Waals surface area contributed by atoms with Crippen LogP contribution in [0.3, 0.4) is 0 Å². The molecule has 4 fully saturated rings. The first-order valence-electron chi connectivity index (χ1n) is 18.5. The molecule has 0 bridgehead atoms. The molecule has 1 aliphatic heterocycles. The van der Waals surface area contributed by atoms with Crippen LogP contribution in [0.1, 0.15) is 120 Å². The van der Waals surface area contributed by atoms with E-state index in [0.717, 1.165) is 31.3 Å². The quantitative estimate of drug-likeness (QED) is 0.158. The molecule has 4 N–H and O–H groups in total. The summed E-state index contributed by atoms with van der Waals surface area (Å²) in [5.74, 6) is -1.82. The second-order valence-electron chi connectivity index (χ2n) is 18.4. The lowest BCUT2D eigenvalue weighted by Gasteiger charge is -2.66. The molecule has 0 radical (unpaired) electrons. The van der Waals surface area contributed by atoms with Crippen LogP contribution < -0.4 is 0 Å². The maximum Gasteiger partial charge on any atom is 0.309 e. The summed E-state index contributed by atoms with van der Waals surface area (Å²) >= 11 is 0. The average Bonchev–Trinajstić information content (AvgIpc) is 3.26. The van der Waals surface area contributed by atoms with E-state index in [1.165, 1.54) is 21.0 Å². The number of fused-ring (bicyclic) bond motifs is 5. The number of methoxy groups -OCH3 is 1. The maximum atomic E-state index is 13.4. The summed E-state index contributed by atoms with van der Waals surface area (Å²) in [6, 6.07) is 0. The predicted molar refractivity (Wildman–Crippen MR) is 183 cm³/mol. The van der Waals surface area contributed by atoms with Crippen molar-refractivity contribution >= 4 is 17.9 Å². The lowest BCUT2D eigenvalue weighted by atomic mass is 9.40. The van der Waals surface area contributed by atoms with E-state index < -0.39 is 82.5 Å². The van der Waals surface area contributed by atoms with E-state index in [-0.39, 0.29) is 35.5 Å². The molecule has 0 amide bonds. The number of aliphatic hydroxyl groups is 4. The van der Waals surface area contributed by atoms with Gasteiger partial charge in [-0.2, -0.15) is 0 Å². The Kier molecular flexibility index (Phi) is 10.3. The molecule has 13 atom stereocenters. The largest absolute Gasteiger partial charge is 0.469 e. The van der Waals surface area contributed by atoms with Gasteiger partial charge in [-0.05, 0) is 94.3 Å². The number of hydrogen-bond donors (Lipinski definition) is 4. The van der Waals surface area contributed by atoms with Gasteiger partial charge in [0.15, 0.2) is 6.29 Å². The van der Waals surface area contributed by atoms with Crippen molar-refractivity contribution in [3.05, 3.63) is 11.6 Å². The first-order chi connectivity index (χ1) is 22.9. The van der Waals surface area contributed by atoms with E-state index in [2.05, 4.69) is 45.4 Å². The molecule has 0 aromatic heterocycles. The maximum absolute atomic E-state index is 13.4. The van der Waals surface area contributed by atoms with Gasteiger partial charge in [-0.3, -0.25) is 14.4 Å². The summed E-state index contributed by atoms with van der Waals surface area (Å²) in [7, 11) is 1.21. The van der Waals surface area contributed by atoms with Crippen LogP contribution in [-0.4, -0.2) is 87.4 Å². The van der Waals surface area contributed by atoms with Crippen molar-refractivity contribution in [1.82, 2.24) is 0 Å². The van der Waals surface area contributed by atoms with Crippen LogP contribution in [0, 0.1) is 45.3 Å². The Labute approximate surface area is 297 Å². The van der Waals surface area contributed by atoms with Gasteiger partial charge in [0.1, 0.15) is 12.2 Å². The van der Waals surface area contributed by atoms with E-state index in [9.17, 15) is 34.8 Å². The number of hydrogen-bond acceptors (Lipinski definition) is 11. The summed E-state index contributed by atoms with van der Waals surface area (Å²) < 4.78 is 22.7. The van der Waals surface area contributed by atoms with Gasteiger partial charge in [0.05, 0.1) is 43.4 Å². The molecule has 0 aromatic carbocycles. The van der Waals surface area contributed by atoms with Crippen LogP contribution in [0.5, 0.6) is 0 Å². The number of carbonyl (C=O) groups is 3. The van der Waals surface area contributed by atoms with E-state index in [1.807, 2.05) is 0 Å². The molecule has 1 saturated heterocycles. The van der Waals surface area contributed by atoms with Gasteiger partial charge in [-0.25, -0.2) is 0 Å². The van der Waals surface area contributed by atoms with E-state index >= 15 is 0 Å². The first-order valence-corrected chi connectivity index (χ1v) is 18.5. The van der Waals surface area contributed by atoms with E-state index in [0.29, 0.717) is 19.3 Å². The minimum absolute atomic E-state index is 0.00575. The fourth-order valence-electron chi connectivity index (χ4n) is 11.8. The van der Waals surface area contributed by atoms with Crippen LogP contribution in [0.2, 0.25) is 0 Å². The van der Waals surface area contributed by atoms with E-state index in [4.69, 9.17) is 14.2 Å². The summed E-state index contributed by atoms with van der Waals surface area (Å²) in [5, 5.41) is 45.0. The first kappa shape index (κ1) is 39.2. The van der Waals surface area contributed by atoms with Crippen LogP contribution in [0.15, 0.2) is 11.6 Å². The Bertz CT molecular complexity index is 1360. The molecule has 5 aliphatic rings. The number of aliphatic hydroxyl groups excluding tert-OH is 2. The Balaban J connectivity index is 1.47. The van der Waals surface area contributed by atoms with Crippen molar-refractivity contribution in [2.75, 3.05) is 7.11 Å². The molecule has 1 heterocycles. The van der Waals surface area contributed by atoms with Gasteiger partial charge in [0.2, 0.25) is 0 Å². The lowest BCUT2D eigenvalue weighted by Crippen LogP contribution is -2.64. The van der Waals surface area contributed by atoms with Gasteiger partial charge in [-0.15, -0.1) is 0 Å². The second kappa shape index (κ2) is 13.1. The zero-order valence-electron chi connectivity index (χ0n) is 31.8. The molecular weight excluding hydrogens is 644 g/mol. The topological polar surface area (TPSA) is 169 Å². The summed E-state index contributed by atoms with van der Waals surface area (Å²) in [5.41, 5.74) is -3.56. The minimum Gasteiger partial charge on any atom is -0.469 e. The molecule has 50 heavy (non-hydrogen) atoms. The predicted octanol–water partition coefficient (Wildman–Crippen LogP) is 4.60. The molecule has 5 rings (SSSR count). The summed E-state index contributed by atoms with van der Waals surface area (Å²) in [6.45, 7) is 16.9. The lowest BCUT2D eigenvalue weighted by molar-refractivity contribution is -0.252. The monoisotopic (exact) mass is 706 g/mol. The third kappa shape index (κ3) is 6.45. The van der Waals surface area contributed by atoms with Crippen LogP contribution in [-0.2, 0) is 33.3 Å². The summed E-state index contributed by atoms with van der Waals surface area (Å²) in [6.07, 6.45) is 2.52. The van der Waals surface area contributed by atoms with Gasteiger partial charge in [0, 0.05) is 23.7 Å². The zero-order valence-corrected chi connectivity index (χ0v) is 31.8. The minimum atomic E-state index is -1.69. The van der Waals surface area contributed by atoms with Crippen LogP contribution in [0.25, 0.3) is 0 Å². The van der Waals surface area contributed by atoms with Crippen LogP contribution in [0.4, 0.5) is 0 Å². The highest BCUT2D eigenvalue weighted by Crippen LogP contribution is 2.73. The SMILES string of the molecule is COC(=O)CC(C)(O)CC(=O)O[C@@H]1C[C@]2(C)C3=C[C@H](O)[C@]4(C)[C@@H]([C@H]5CC[C@H](C(C)(C)O)OC5O)CC[C@@]4(C)C3CCC2C(C)(C)[C@H]1OC(C)=O.